The molecule has 1 aliphatic carbocycles. The van der Waals surface area contributed by atoms with Crippen molar-refractivity contribution in [3.05, 3.63) is 0 Å². The summed E-state index contributed by atoms with van der Waals surface area (Å²) in [6.45, 7) is 2.22. The van der Waals surface area contributed by atoms with Crippen molar-refractivity contribution in [2.45, 2.75) is 77.6 Å². The number of carboxylic acid groups (broad SMARTS) is 1. The molecule has 0 spiro atoms. The molecule has 1 unspecified atom stereocenters. The smallest absolute Gasteiger partial charge is 0.306 e. The van der Waals surface area contributed by atoms with E-state index in [2.05, 4.69) is 6.92 Å². The van der Waals surface area contributed by atoms with E-state index >= 15 is 0 Å². The fourth-order valence-electron chi connectivity index (χ4n) is 3.07. The maximum atomic E-state index is 11.3. The SMILES string of the molecule is CCCCCCCCC(C(=O)O)C1CCCC1. The molecule has 0 aromatic heterocycles. The number of carboxylic acids is 1. The largest absolute Gasteiger partial charge is 0.481 e. The fraction of sp³-hybridized carbons (Fsp3) is 0.933. The second-order valence-electron chi connectivity index (χ2n) is 5.55. The summed E-state index contributed by atoms with van der Waals surface area (Å²) in [5, 5.41) is 9.27. The molecule has 0 aromatic rings. The van der Waals surface area contributed by atoms with Crippen LogP contribution in [0, 0.1) is 11.8 Å². The van der Waals surface area contributed by atoms with Crippen molar-refractivity contribution >= 4 is 5.97 Å². The summed E-state index contributed by atoms with van der Waals surface area (Å²) >= 11 is 0. The average molecular weight is 240 g/mol. The van der Waals surface area contributed by atoms with Crippen molar-refractivity contribution < 1.29 is 9.90 Å². The number of unbranched alkanes of at least 4 members (excludes halogenated alkanes) is 5. The van der Waals surface area contributed by atoms with Crippen molar-refractivity contribution in [1.82, 2.24) is 0 Å². The van der Waals surface area contributed by atoms with Gasteiger partial charge in [-0.1, -0.05) is 58.3 Å². The Balaban J connectivity index is 2.14. The van der Waals surface area contributed by atoms with E-state index in [4.69, 9.17) is 0 Å². The van der Waals surface area contributed by atoms with Gasteiger partial charge >= 0.3 is 5.97 Å². The predicted molar refractivity (Wildman–Crippen MR) is 71.1 cm³/mol. The highest BCUT2D eigenvalue weighted by molar-refractivity contribution is 5.70. The Labute approximate surface area is 106 Å². The van der Waals surface area contributed by atoms with Gasteiger partial charge in [-0.2, -0.15) is 0 Å². The van der Waals surface area contributed by atoms with Crippen LogP contribution in [0.25, 0.3) is 0 Å². The normalized spacial score (nSPS) is 18.4. The minimum Gasteiger partial charge on any atom is -0.481 e. The van der Waals surface area contributed by atoms with E-state index in [1.807, 2.05) is 0 Å². The van der Waals surface area contributed by atoms with Crippen molar-refractivity contribution in [3.8, 4) is 0 Å². The third-order valence-electron chi connectivity index (χ3n) is 4.15. The van der Waals surface area contributed by atoms with E-state index in [-0.39, 0.29) is 5.92 Å². The predicted octanol–water partition coefficient (Wildman–Crippen LogP) is 4.63. The van der Waals surface area contributed by atoms with E-state index in [0.29, 0.717) is 5.92 Å². The molecular formula is C15H28O2. The number of rotatable bonds is 9. The summed E-state index contributed by atoms with van der Waals surface area (Å²) in [4.78, 5) is 11.3. The Kier molecular flexibility index (Phi) is 7.30. The molecule has 0 aromatic carbocycles. The Morgan fingerprint density at radius 1 is 1.12 bits per heavy atom. The third kappa shape index (κ3) is 5.56. The van der Waals surface area contributed by atoms with Crippen molar-refractivity contribution in [1.29, 1.82) is 0 Å². The van der Waals surface area contributed by atoms with Crippen LogP contribution in [0.4, 0.5) is 0 Å². The monoisotopic (exact) mass is 240 g/mol. The van der Waals surface area contributed by atoms with Crippen LogP contribution in [0.1, 0.15) is 77.6 Å². The van der Waals surface area contributed by atoms with Crippen molar-refractivity contribution in [2.24, 2.45) is 11.8 Å². The van der Waals surface area contributed by atoms with Gasteiger partial charge in [-0.05, 0) is 25.2 Å². The zero-order chi connectivity index (χ0) is 12.5. The molecule has 0 heterocycles. The molecule has 1 fully saturated rings. The van der Waals surface area contributed by atoms with Gasteiger partial charge in [0.25, 0.3) is 0 Å². The first-order valence-electron chi connectivity index (χ1n) is 7.48. The molecule has 1 saturated carbocycles. The Morgan fingerprint density at radius 2 is 1.71 bits per heavy atom. The topological polar surface area (TPSA) is 37.3 Å². The molecule has 2 nitrogen and oxygen atoms in total. The van der Waals surface area contributed by atoms with E-state index in [1.54, 1.807) is 0 Å². The standard InChI is InChI=1S/C15H28O2/c1-2-3-4-5-6-7-12-14(15(16)17)13-10-8-9-11-13/h13-14H,2-12H2,1H3,(H,16,17). The van der Waals surface area contributed by atoms with Crippen LogP contribution in [0.3, 0.4) is 0 Å². The van der Waals surface area contributed by atoms with Gasteiger partial charge in [0.15, 0.2) is 0 Å². The average Bonchev–Trinajstić information content (AvgIpc) is 2.81. The third-order valence-corrected chi connectivity index (χ3v) is 4.15. The van der Waals surface area contributed by atoms with E-state index in [0.717, 1.165) is 25.7 Å². The van der Waals surface area contributed by atoms with Gasteiger partial charge in [0.1, 0.15) is 0 Å². The summed E-state index contributed by atoms with van der Waals surface area (Å²) < 4.78 is 0. The lowest BCUT2D eigenvalue weighted by Gasteiger charge is -2.18. The minimum atomic E-state index is -0.551. The van der Waals surface area contributed by atoms with Gasteiger partial charge in [0, 0.05) is 0 Å². The maximum absolute atomic E-state index is 11.3. The molecule has 2 heteroatoms. The fourth-order valence-corrected chi connectivity index (χ4v) is 3.07. The van der Waals surface area contributed by atoms with Crippen LogP contribution < -0.4 is 0 Å². The van der Waals surface area contributed by atoms with Crippen molar-refractivity contribution in [2.75, 3.05) is 0 Å². The first kappa shape index (κ1) is 14.5. The van der Waals surface area contributed by atoms with Gasteiger partial charge in [-0.25, -0.2) is 0 Å². The van der Waals surface area contributed by atoms with Gasteiger partial charge in [-0.3, -0.25) is 4.79 Å². The first-order valence-corrected chi connectivity index (χ1v) is 7.48. The lowest BCUT2D eigenvalue weighted by Crippen LogP contribution is -2.21. The van der Waals surface area contributed by atoms with Crippen LogP contribution in [-0.2, 0) is 4.79 Å². The maximum Gasteiger partial charge on any atom is 0.306 e. The van der Waals surface area contributed by atoms with Crippen LogP contribution >= 0.6 is 0 Å². The molecule has 1 aliphatic rings. The van der Waals surface area contributed by atoms with Gasteiger partial charge in [-0.15, -0.1) is 0 Å². The molecule has 100 valence electrons. The summed E-state index contributed by atoms with van der Waals surface area (Å²) in [5.41, 5.74) is 0. The lowest BCUT2D eigenvalue weighted by atomic mass is 9.86. The van der Waals surface area contributed by atoms with Gasteiger partial charge in [0.2, 0.25) is 0 Å². The highest BCUT2D eigenvalue weighted by Crippen LogP contribution is 2.34. The highest BCUT2D eigenvalue weighted by Gasteiger charge is 2.29. The van der Waals surface area contributed by atoms with Crippen LogP contribution in [0.15, 0.2) is 0 Å². The zero-order valence-electron chi connectivity index (χ0n) is 11.3. The van der Waals surface area contributed by atoms with Gasteiger partial charge in [0.05, 0.1) is 5.92 Å². The van der Waals surface area contributed by atoms with E-state index in [1.165, 1.54) is 44.9 Å². The molecule has 0 saturated heterocycles. The number of hydrogen-bond acceptors (Lipinski definition) is 1. The molecular weight excluding hydrogens is 212 g/mol. The number of aliphatic carboxylic acids is 1. The van der Waals surface area contributed by atoms with E-state index < -0.39 is 5.97 Å². The number of carbonyl (C=O) groups is 1. The Bertz CT molecular complexity index is 207. The molecule has 0 amide bonds. The quantitative estimate of drug-likeness (QED) is 0.597. The first-order chi connectivity index (χ1) is 8.25. The molecule has 0 aliphatic heterocycles. The van der Waals surface area contributed by atoms with Gasteiger partial charge < -0.3 is 5.11 Å². The molecule has 1 rings (SSSR count). The second kappa shape index (κ2) is 8.54. The molecule has 17 heavy (non-hydrogen) atoms. The lowest BCUT2D eigenvalue weighted by molar-refractivity contribution is -0.144. The Morgan fingerprint density at radius 3 is 2.29 bits per heavy atom. The molecule has 0 radical (unpaired) electrons. The molecule has 1 atom stereocenters. The molecule has 1 N–H and O–H groups in total. The molecule has 0 bridgehead atoms. The van der Waals surface area contributed by atoms with Crippen molar-refractivity contribution in [3.63, 3.8) is 0 Å². The van der Waals surface area contributed by atoms with Crippen LogP contribution in [0.2, 0.25) is 0 Å². The summed E-state index contributed by atoms with van der Waals surface area (Å²) in [6, 6.07) is 0. The zero-order valence-corrected chi connectivity index (χ0v) is 11.3. The second-order valence-corrected chi connectivity index (χ2v) is 5.55. The minimum absolute atomic E-state index is 0.0522. The van der Waals surface area contributed by atoms with E-state index in [9.17, 15) is 9.90 Å². The summed E-state index contributed by atoms with van der Waals surface area (Å²) in [5.74, 6) is -0.128. The summed E-state index contributed by atoms with van der Waals surface area (Å²) in [6.07, 6.45) is 13.2. The number of hydrogen-bond donors (Lipinski definition) is 1. The highest BCUT2D eigenvalue weighted by atomic mass is 16.4. The summed E-state index contributed by atoms with van der Waals surface area (Å²) in [7, 11) is 0. The van der Waals surface area contributed by atoms with Crippen LogP contribution in [-0.4, -0.2) is 11.1 Å². The van der Waals surface area contributed by atoms with Crippen LogP contribution in [0.5, 0.6) is 0 Å². The Hall–Kier alpha value is -0.530.